The summed E-state index contributed by atoms with van der Waals surface area (Å²) in [6.45, 7) is 4.73. The first-order valence-corrected chi connectivity index (χ1v) is 14.4. The van der Waals surface area contributed by atoms with Crippen molar-refractivity contribution in [2.24, 2.45) is 0 Å². The standard InChI is InChI=1S/C31H31F4N7O2/c32-24-7-6-22(16-23(24)31(33,34)35)25-17-42(15-14-40-10-1-11-40)28(39-25)20-8-12-41(13-9-20)29-26(27(36)37-18-38-29)19-2-4-21(5-3-19)30(43)44/h2-7,16-18,20H,1,8-15H2,(H,43,44)(H2,36,37,38). The molecule has 0 bridgehead atoms. The van der Waals surface area contributed by atoms with E-state index in [2.05, 4.69) is 19.8 Å². The first kappa shape index (κ1) is 29.5. The van der Waals surface area contributed by atoms with Gasteiger partial charge in [-0.1, -0.05) is 12.1 Å². The number of carboxylic acid groups (broad SMARTS) is 1. The molecule has 0 aliphatic carbocycles. The van der Waals surface area contributed by atoms with Crippen molar-refractivity contribution in [1.29, 1.82) is 0 Å². The number of carbonyl (C=O) groups is 1. The van der Waals surface area contributed by atoms with Crippen molar-refractivity contribution >= 4 is 17.6 Å². The number of aromatic carboxylic acids is 1. The zero-order chi connectivity index (χ0) is 31.0. The van der Waals surface area contributed by atoms with E-state index in [1.54, 1.807) is 18.3 Å². The van der Waals surface area contributed by atoms with E-state index in [1.165, 1.54) is 24.5 Å². The lowest BCUT2D eigenvalue weighted by Crippen LogP contribution is -2.39. The van der Waals surface area contributed by atoms with Gasteiger partial charge in [-0.3, -0.25) is 0 Å². The van der Waals surface area contributed by atoms with E-state index in [1.807, 2.05) is 4.57 Å². The van der Waals surface area contributed by atoms with Crippen LogP contribution in [0.1, 0.15) is 46.9 Å². The van der Waals surface area contributed by atoms with Crippen LogP contribution in [0.25, 0.3) is 22.4 Å². The number of carboxylic acids is 1. The molecule has 2 saturated heterocycles. The van der Waals surface area contributed by atoms with Crippen molar-refractivity contribution in [2.75, 3.05) is 43.4 Å². The van der Waals surface area contributed by atoms with Crippen LogP contribution in [0.3, 0.4) is 0 Å². The van der Waals surface area contributed by atoms with Crippen LogP contribution in [0.15, 0.2) is 55.0 Å². The van der Waals surface area contributed by atoms with Crippen LogP contribution in [0.2, 0.25) is 0 Å². The van der Waals surface area contributed by atoms with Gasteiger partial charge in [0.25, 0.3) is 0 Å². The number of nitrogens with zero attached hydrogens (tertiary/aromatic N) is 6. The van der Waals surface area contributed by atoms with Crippen LogP contribution < -0.4 is 10.6 Å². The van der Waals surface area contributed by atoms with E-state index < -0.39 is 23.5 Å². The summed E-state index contributed by atoms with van der Waals surface area (Å²) in [6, 6.07) is 9.40. The largest absolute Gasteiger partial charge is 0.478 e. The van der Waals surface area contributed by atoms with E-state index in [-0.39, 0.29) is 22.9 Å². The molecular formula is C31H31F4N7O2. The molecule has 0 amide bonds. The maximum absolute atomic E-state index is 14.0. The van der Waals surface area contributed by atoms with E-state index in [9.17, 15) is 27.5 Å². The number of nitrogens with two attached hydrogens (primary N) is 1. The molecule has 0 spiro atoms. The lowest BCUT2D eigenvalue weighted by molar-refractivity contribution is -0.139. The van der Waals surface area contributed by atoms with Crippen LogP contribution in [-0.2, 0) is 12.7 Å². The minimum absolute atomic E-state index is 0.0383. The third-order valence-electron chi connectivity index (χ3n) is 8.42. The Morgan fingerprint density at radius 1 is 0.977 bits per heavy atom. The summed E-state index contributed by atoms with van der Waals surface area (Å²) in [6.07, 6.45) is 0.932. The summed E-state index contributed by atoms with van der Waals surface area (Å²) in [5.74, 6) is -0.576. The molecule has 0 saturated carbocycles. The minimum atomic E-state index is -4.81. The maximum atomic E-state index is 14.0. The predicted molar refractivity (Wildman–Crippen MR) is 157 cm³/mol. The highest BCUT2D eigenvalue weighted by Gasteiger charge is 2.35. The Morgan fingerprint density at radius 3 is 2.32 bits per heavy atom. The Bertz CT molecular complexity index is 1660. The minimum Gasteiger partial charge on any atom is -0.478 e. The number of anilines is 2. The molecule has 4 aromatic rings. The summed E-state index contributed by atoms with van der Waals surface area (Å²) in [5.41, 5.74) is 7.05. The fourth-order valence-corrected chi connectivity index (χ4v) is 5.87. The molecule has 13 heteroatoms. The molecule has 2 aliphatic rings. The van der Waals surface area contributed by atoms with Gasteiger partial charge in [0.15, 0.2) is 0 Å². The van der Waals surface area contributed by atoms with Crippen LogP contribution in [0.5, 0.6) is 0 Å². The van der Waals surface area contributed by atoms with Crippen LogP contribution in [0.4, 0.5) is 29.2 Å². The third-order valence-corrected chi connectivity index (χ3v) is 8.42. The summed E-state index contributed by atoms with van der Waals surface area (Å²) >= 11 is 0. The van der Waals surface area contributed by atoms with Gasteiger partial charge < -0.3 is 25.2 Å². The molecule has 2 aromatic heterocycles. The number of nitrogen functional groups attached to an aromatic ring is 1. The lowest BCUT2D eigenvalue weighted by Gasteiger charge is -2.34. The number of rotatable bonds is 8. The van der Waals surface area contributed by atoms with Crippen molar-refractivity contribution in [1.82, 2.24) is 24.4 Å². The van der Waals surface area contributed by atoms with Gasteiger partial charge in [0, 0.05) is 43.9 Å². The number of likely N-dealkylation sites (tertiary alicyclic amines) is 1. The fourth-order valence-electron chi connectivity index (χ4n) is 5.87. The van der Waals surface area contributed by atoms with Gasteiger partial charge in [-0.25, -0.2) is 24.1 Å². The number of benzene rings is 2. The second-order valence-corrected chi connectivity index (χ2v) is 11.2. The topological polar surface area (TPSA) is 113 Å². The summed E-state index contributed by atoms with van der Waals surface area (Å²) < 4.78 is 56.4. The van der Waals surface area contributed by atoms with Crippen LogP contribution in [0, 0.1) is 5.82 Å². The molecule has 230 valence electrons. The average molecular weight is 610 g/mol. The summed E-state index contributed by atoms with van der Waals surface area (Å²) in [4.78, 5) is 29.2. The molecular weight excluding hydrogens is 578 g/mol. The maximum Gasteiger partial charge on any atom is 0.419 e. The normalized spacial score (nSPS) is 16.2. The highest BCUT2D eigenvalue weighted by atomic mass is 19.4. The Morgan fingerprint density at radius 2 is 1.68 bits per heavy atom. The summed E-state index contributed by atoms with van der Waals surface area (Å²) in [7, 11) is 0. The van der Waals surface area contributed by atoms with Gasteiger partial charge in [0.05, 0.1) is 22.4 Å². The lowest BCUT2D eigenvalue weighted by atomic mass is 9.95. The van der Waals surface area contributed by atoms with Gasteiger partial charge in [0.2, 0.25) is 0 Å². The van der Waals surface area contributed by atoms with E-state index in [0.717, 1.165) is 44.0 Å². The first-order valence-electron chi connectivity index (χ1n) is 14.4. The molecule has 44 heavy (non-hydrogen) atoms. The van der Waals surface area contributed by atoms with Gasteiger partial charge in [-0.15, -0.1) is 0 Å². The number of piperidine rings is 1. The van der Waals surface area contributed by atoms with E-state index in [0.29, 0.717) is 55.1 Å². The molecule has 3 N–H and O–H groups in total. The Hall–Kier alpha value is -4.52. The predicted octanol–water partition coefficient (Wildman–Crippen LogP) is 5.54. The molecule has 2 aliphatic heterocycles. The van der Waals surface area contributed by atoms with Crippen molar-refractivity contribution < 1.29 is 27.5 Å². The zero-order valence-corrected chi connectivity index (χ0v) is 23.8. The quantitative estimate of drug-likeness (QED) is 0.251. The SMILES string of the molecule is Nc1ncnc(N2CCC(c3nc(-c4ccc(F)c(C(F)(F)F)c4)cn3CCN3CCC3)CC2)c1-c1ccc(C(=O)O)cc1. The molecule has 0 unspecified atom stereocenters. The number of aromatic nitrogens is 4. The second kappa shape index (κ2) is 11.9. The Labute approximate surface area is 251 Å². The number of halogens is 4. The van der Waals surface area contributed by atoms with Gasteiger partial charge in [-0.2, -0.15) is 13.2 Å². The third kappa shape index (κ3) is 5.96. The highest BCUT2D eigenvalue weighted by Crippen LogP contribution is 2.38. The molecule has 9 nitrogen and oxygen atoms in total. The van der Waals surface area contributed by atoms with E-state index in [4.69, 9.17) is 10.7 Å². The molecule has 0 radical (unpaired) electrons. The van der Waals surface area contributed by atoms with Crippen molar-refractivity contribution in [3.05, 3.63) is 77.8 Å². The number of alkyl halides is 3. The highest BCUT2D eigenvalue weighted by molar-refractivity contribution is 5.90. The van der Waals surface area contributed by atoms with E-state index >= 15 is 0 Å². The van der Waals surface area contributed by atoms with Crippen molar-refractivity contribution in [2.45, 2.75) is 37.9 Å². The number of hydrogen-bond donors (Lipinski definition) is 2. The zero-order valence-electron chi connectivity index (χ0n) is 23.8. The number of imidazole rings is 1. The molecule has 6 rings (SSSR count). The van der Waals surface area contributed by atoms with Crippen molar-refractivity contribution in [3.63, 3.8) is 0 Å². The smallest absolute Gasteiger partial charge is 0.419 e. The summed E-state index contributed by atoms with van der Waals surface area (Å²) in [5, 5.41) is 9.27. The Kier molecular flexibility index (Phi) is 7.97. The van der Waals surface area contributed by atoms with Gasteiger partial charge >= 0.3 is 12.1 Å². The molecule has 0 atom stereocenters. The van der Waals surface area contributed by atoms with Gasteiger partial charge in [-0.05, 0) is 68.2 Å². The molecule has 2 aromatic carbocycles. The van der Waals surface area contributed by atoms with Crippen LogP contribution >= 0.6 is 0 Å². The van der Waals surface area contributed by atoms with Crippen LogP contribution in [-0.4, -0.2) is 68.2 Å². The first-order chi connectivity index (χ1) is 21.1. The van der Waals surface area contributed by atoms with Crippen molar-refractivity contribution in [3.8, 4) is 22.4 Å². The monoisotopic (exact) mass is 609 g/mol. The molecule has 2 fully saturated rings. The van der Waals surface area contributed by atoms with Gasteiger partial charge in [0.1, 0.15) is 29.6 Å². The fraction of sp³-hybridized carbons (Fsp3) is 0.355. The Balaban J connectivity index is 1.26. The second-order valence-electron chi connectivity index (χ2n) is 11.2. The average Bonchev–Trinajstić information content (AvgIpc) is 3.40. The molecule has 4 heterocycles. The number of hydrogen-bond acceptors (Lipinski definition) is 7.